The van der Waals surface area contributed by atoms with Crippen molar-refractivity contribution in [3.63, 3.8) is 0 Å². The van der Waals surface area contributed by atoms with Crippen LogP contribution in [-0.2, 0) is 10.8 Å². The van der Waals surface area contributed by atoms with Crippen molar-refractivity contribution in [3.05, 3.63) is 165 Å². The predicted octanol–water partition coefficient (Wildman–Crippen LogP) is 16.2. The van der Waals surface area contributed by atoms with Crippen molar-refractivity contribution in [1.29, 1.82) is 0 Å². The fraction of sp³-hybridized carbons (Fsp3) is 0.387. The van der Waals surface area contributed by atoms with E-state index in [1.807, 2.05) is 0 Å². The summed E-state index contributed by atoms with van der Waals surface area (Å²) in [6.07, 6.45) is 18.5. The monoisotopic (exact) mass is 849 g/mol. The Labute approximate surface area is 389 Å². The van der Waals surface area contributed by atoms with Crippen LogP contribution in [0, 0.1) is 23.7 Å². The van der Waals surface area contributed by atoms with Crippen molar-refractivity contribution in [2.24, 2.45) is 0 Å². The average molecular weight is 849 g/mol. The number of anilines is 2. The molecule has 0 aliphatic carbocycles. The maximum absolute atomic E-state index is 3.60. The number of benzene rings is 5. The first kappa shape index (κ1) is 49.3. The highest BCUT2D eigenvalue weighted by molar-refractivity contribution is 5.80. The van der Waals surface area contributed by atoms with Crippen LogP contribution in [0.3, 0.4) is 0 Å². The van der Waals surface area contributed by atoms with Crippen LogP contribution in [0.15, 0.2) is 109 Å². The van der Waals surface area contributed by atoms with Gasteiger partial charge in [0.05, 0.1) is 0 Å². The summed E-state index contributed by atoms with van der Waals surface area (Å²) in [7, 11) is 0. The first-order valence-corrected chi connectivity index (χ1v) is 24.3. The maximum Gasteiger partial charge on any atom is 0.0366 e. The van der Waals surface area contributed by atoms with Gasteiger partial charge in [0.15, 0.2) is 0 Å². The summed E-state index contributed by atoms with van der Waals surface area (Å²) in [4.78, 5) is 5.08. The van der Waals surface area contributed by atoms with Gasteiger partial charge in [0.2, 0.25) is 0 Å². The van der Waals surface area contributed by atoms with Crippen LogP contribution in [-0.4, -0.2) is 26.2 Å². The molecule has 0 aromatic heterocycles. The van der Waals surface area contributed by atoms with Gasteiger partial charge in [0, 0.05) is 59.8 Å². The fourth-order valence-corrected chi connectivity index (χ4v) is 7.61. The Hall–Kier alpha value is -5.70. The quantitative estimate of drug-likeness (QED) is 0.0640. The molecule has 0 saturated heterocycles. The van der Waals surface area contributed by atoms with Gasteiger partial charge in [0.25, 0.3) is 0 Å². The summed E-state index contributed by atoms with van der Waals surface area (Å²) in [6.45, 7) is 27.0. The molecule has 2 nitrogen and oxygen atoms in total. The molecule has 0 bridgehead atoms. The fourth-order valence-electron chi connectivity index (χ4n) is 7.61. The third-order valence-corrected chi connectivity index (χ3v) is 12.0. The molecule has 5 rings (SSSR count). The smallest absolute Gasteiger partial charge is 0.0366 e. The third-order valence-electron chi connectivity index (χ3n) is 12.0. The summed E-state index contributed by atoms with van der Waals surface area (Å²) < 4.78 is 0. The zero-order chi connectivity index (χ0) is 46.0. The molecule has 0 unspecified atom stereocenters. The lowest BCUT2D eigenvalue weighted by Gasteiger charge is -2.24. The highest BCUT2D eigenvalue weighted by atomic mass is 15.1. The van der Waals surface area contributed by atoms with Crippen LogP contribution >= 0.6 is 0 Å². The third kappa shape index (κ3) is 15.2. The second kappa shape index (κ2) is 24.4. The Morgan fingerprint density at radius 3 is 0.984 bits per heavy atom. The van der Waals surface area contributed by atoms with Crippen LogP contribution in [0.4, 0.5) is 11.4 Å². The first-order chi connectivity index (χ1) is 30.8. The summed E-state index contributed by atoms with van der Waals surface area (Å²) in [5, 5.41) is 0. The highest BCUT2D eigenvalue weighted by Crippen LogP contribution is 2.26. The molecule has 0 atom stereocenters. The van der Waals surface area contributed by atoms with Crippen molar-refractivity contribution in [3.8, 4) is 23.7 Å². The van der Waals surface area contributed by atoms with E-state index >= 15 is 0 Å². The number of rotatable bonds is 18. The van der Waals surface area contributed by atoms with Gasteiger partial charge in [-0.05, 0) is 131 Å². The Bertz CT molecular complexity index is 2180. The molecule has 0 spiro atoms. The van der Waals surface area contributed by atoms with Crippen molar-refractivity contribution >= 4 is 35.7 Å². The minimum Gasteiger partial charge on any atom is -0.372 e. The van der Waals surface area contributed by atoms with Crippen LogP contribution in [0.25, 0.3) is 24.3 Å². The van der Waals surface area contributed by atoms with E-state index in [1.165, 1.54) is 73.9 Å². The van der Waals surface area contributed by atoms with E-state index < -0.39 is 0 Å². The van der Waals surface area contributed by atoms with E-state index in [4.69, 9.17) is 0 Å². The van der Waals surface area contributed by atoms with Gasteiger partial charge < -0.3 is 9.80 Å². The molecule has 0 aliphatic rings. The molecule has 0 heterocycles. The van der Waals surface area contributed by atoms with E-state index in [-0.39, 0.29) is 10.8 Å². The Morgan fingerprint density at radius 1 is 0.391 bits per heavy atom. The lowest BCUT2D eigenvalue weighted by molar-refractivity contribution is 0.590. The standard InChI is InChI=1S/C62H76N2/c1-11-15-43-63(44-16-12-2)59-39-27-51(28-40-59)21-33-55-47-54(32-20-50-25-37-58(38-26-50)62(8,9)10)56(48-53(55)31-19-49-23-35-57(36-24-49)61(5,6)7)34-22-52-29-41-60(42-30-52)64(45-17-13-3)46-18-14-4/h21-30,33-42,47-48H,11-18,43-46H2,1-10H3/b33-21+,34-22+. The number of hydrogen-bond acceptors (Lipinski definition) is 2. The zero-order valence-electron chi connectivity index (χ0n) is 41.1. The van der Waals surface area contributed by atoms with Gasteiger partial charge in [-0.15, -0.1) is 0 Å². The van der Waals surface area contributed by atoms with E-state index in [1.54, 1.807) is 0 Å². The van der Waals surface area contributed by atoms with E-state index in [9.17, 15) is 0 Å². The van der Waals surface area contributed by atoms with Gasteiger partial charge in [0.1, 0.15) is 0 Å². The van der Waals surface area contributed by atoms with Crippen molar-refractivity contribution in [1.82, 2.24) is 0 Å². The van der Waals surface area contributed by atoms with Crippen LogP contribution < -0.4 is 9.80 Å². The second-order valence-corrected chi connectivity index (χ2v) is 19.4. The van der Waals surface area contributed by atoms with Gasteiger partial charge in [-0.25, -0.2) is 0 Å². The number of hydrogen-bond donors (Lipinski definition) is 0. The molecule has 0 radical (unpaired) electrons. The van der Waals surface area contributed by atoms with E-state index in [0.29, 0.717) is 0 Å². The Morgan fingerprint density at radius 2 is 0.703 bits per heavy atom. The minimum atomic E-state index is 0.0853. The van der Waals surface area contributed by atoms with E-state index in [2.05, 4.69) is 236 Å². The predicted molar refractivity (Wildman–Crippen MR) is 283 cm³/mol. The minimum absolute atomic E-state index is 0.0853. The van der Waals surface area contributed by atoms with Crippen molar-refractivity contribution in [2.45, 2.75) is 131 Å². The molecule has 0 saturated carbocycles. The summed E-state index contributed by atoms with van der Waals surface area (Å²) in [5.74, 6) is 14.2. The molecule has 5 aromatic rings. The van der Waals surface area contributed by atoms with E-state index in [0.717, 1.165) is 70.7 Å². The van der Waals surface area contributed by atoms with Crippen LogP contribution in [0.1, 0.15) is 176 Å². The Kier molecular flexibility index (Phi) is 18.8. The second-order valence-electron chi connectivity index (χ2n) is 19.4. The molecule has 0 amide bonds. The average Bonchev–Trinajstić information content (AvgIpc) is 3.29. The lowest BCUT2D eigenvalue weighted by Crippen LogP contribution is -2.25. The van der Waals surface area contributed by atoms with Crippen LogP contribution in [0.5, 0.6) is 0 Å². The zero-order valence-corrected chi connectivity index (χ0v) is 41.1. The summed E-state index contributed by atoms with van der Waals surface area (Å²) in [5.41, 5.74) is 13.7. The molecule has 64 heavy (non-hydrogen) atoms. The molecular weight excluding hydrogens is 773 g/mol. The van der Waals surface area contributed by atoms with Gasteiger partial charge in [-0.1, -0.05) is 191 Å². The topological polar surface area (TPSA) is 6.48 Å². The SMILES string of the molecule is CCCCN(CCCC)c1ccc(/C=C/c2cc(C#Cc3ccc(C(C)(C)C)cc3)c(/C=C/c3ccc(N(CCCC)CCCC)cc3)cc2C#Cc2ccc(C(C)(C)C)cc2)cc1. The molecule has 334 valence electrons. The highest BCUT2D eigenvalue weighted by Gasteiger charge is 2.14. The molecule has 0 aliphatic heterocycles. The molecular formula is C62H76N2. The summed E-state index contributed by atoms with van der Waals surface area (Å²) in [6, 6.07) is 40.0. The van der Waals surface area contributed by atoms with Gasteiger partial charge in [-0.3, -0.25) is 0 Å². The molecule has 0 N–H and O–H groups in total. The first-order valence-electron chi connectivity index (χ1n) is 24.3. The van der Waals surface area contributed by atoms with Gasteiger partial charge in [-0.2, -0.15) is 0 Å². The van der Waals surface area contributed by atoms with Crippen LogP contribution in [0.2, 0.25) is 0 Å². The van der Waals surface area contributed by atoms with Crippen molar-refractivity contribution in [2.75, 3.05) is 36.0 Å². The lowest BCUT2D eigenvalue weighted by atomic mass is 9.87. The normalized spacial score (nSPS) is 11.7. The number of nitrogens with zero attached hydrogens (tertiary/aromatic N) is 2. The molecule has 5 aromatic carbocycles. The Balaban J connectivity index is 1.59. The molecule has 0 fully saturated rings. The largest absolute Gasteiger partial charge is 0.372 e. The molecule has 2 heteroatoms. The number of unbranched alkanes of at least 4 members (excludes halogenated alkanes) is 4. The maximum atomic E-state index is 3.60. The summed E-state index contributed by atoms with van der Waals surface area (Å²) >= 11 is 0. The van der Waals surface area contributed by atoms with Gasteiger partial charge >= 0.3 is 0 Å². The van der Waals surface area contributed by atoms with Crippen molar-refractivity contribution < 1.29 is 0 Å².